The number of rotatable bonds is 3. The second-order valence-corrected chi connectivity index (χ2v) is 3.63. The van der Waals surface area contributed by atoms with E-state index in [-0.39, 0.29) is 5.91 Å². The molecule has 88 valence electrons. The van der Waals surface area contributed by atoms with Crippen LogP contribution in [-0.2, 0) is 4.79 Å². The van der Waals surface area contributed by atoms with Crippen LogP contribution >= 0.6 is 0 Å². The van der Waals surface area contributed by atoms with Gasteiger partial charge in [0.25, 0.3) is 0 Å². The Labute approximate surface area is 93.8 Å². The van der Waals surface area contributed by atoms with Crippen LogP contribution in [-0.4, -0.2) is 32.0 Å². The molecular weight excluding hydrogens is 211 g/mol. The van der Waals surface area contributed by atoms with Gasteiger partial charge in [-0.2, -0.15) is 0 Å². The molecular formula is C11H15FN2O2. The highest BCUT2D eigenvalue weighted by molar-refractivity contribution is 5.82. The van der Waals surface area contributed by atoms with Crippen LogP contribution in [0.4, 0.5) is 4.39 Å². The topological polar surface area (TPSA) is 55.6 Å². The molecule has 2 N–H and O–H groups in total. The van der Waals surface area contributed by atoms with Crippen molar-refractivity contribution in [3.63, 3.8) is 0 Å². The molecule has 5 heteroatoms. The van der Waals surface area contributed by atoms with Gasteiger partial charge in [-0.1, -0.05) is 0 Å². The van der Waals surface area contributed by atoms with Crippen LogP contribution in [0.3, 0.4) is 0 Å². The molecule has 1 aromatic rings. The molecule has 0 fully saturated rings. The summed E-state index contributed by atoms with van der Waals surface area (Å²) in [5, 5.41) is 0. The van der Waals surface area contributed by atoms with E-state index in [1.165, 1.54) is 24.1 Å². The Balaban J connectivity index is 3.03. The van der Waals surface area contributed by atoms with Gasteiger partial charge in [-0.05, 0) is 17.7 Å². The summed E-state index contributed by atoms with van der Waals surface area (Å²) in [5.74, 6) is -0.416. The molecule has 0 saturated carbocycles. The lowest BCUT2D eigenvalue weighted by atomic mass is 10.1. The number of carbonyl (C=O) groups is 1. The highest BCUT2D eigenvalue weighted by atomic mass is 19.1. The van der Waals surface area contributed by atoms with Crippen molar-refractivity contribution in [3.8, 4) is 5.75 Å². The third-order valence-corrected chi connectivity index (χ3v) is 2.20. The van der Waals surface area contributed by atoms with Gasteiger partial charge in [0.15, 0.2) is 0 Å². The van der Waals surface area contributed by atoms with Gasteiger partial charge in [0.1, 0.15) is 17.6 Å². The molecule has 0 spiro atoms. The number of hydrogen-bond acceptors (Lipinski definition) is 3. The van der Waals surface area contributed by atoms with Crippen molar-refractivity contribution in [2.75, 3.05) is 21.2 Å². The normalized spacial score (nSPS) is 12.1. The highest BCUT2D eigenvalue weighted by Gasteiger charge is 2.18. The molecule has 0 saturated heterocycles. The maximum atomic E-state index is 13.2. The number of nitrogens with zero attached hydrogens (tertiary/aromatic N) is 1. The lowest BCUT2D eigenvalue weighted by Gasteiger charge is -2.17. The number of nitrogens with two attached hydrogens (primary N) is 1. The van der Waals surface area contributed by atoms with Gasteiger partial charge >= 0.3 is 0 Å². The molecule has 1 rings (SSSR count). The zero-order valence-electron chi connectivity index (χ0n) is 9.53. The van der Waals surface area contributed by atoms with E-state index in [2.05, 4.69) is 0 Å². The summed E-state index contributed by atoms with van der Waals surface area (Å²) in [7, 11) is 4.62. The summed E-state index contributed by atoms with van der Waals surface area (Å²) in [4.78, 5) is 13.0. The zero-order valence-corrected chi connectivity index (χ0v) is 9.53. The van der Waals surface area contributed by atoms with Gasteiger partial charge in [-0.15, -0.1) is 0 Å². The van der Waals surface area contributed by atoms with Crippen molar-refractivity contribution < 1.29 is 13.9 Å². The minimum atomic E-state index is -0.875. The average molecular weight is 226 g/mol. The fourth-order valence-electron chi connectivity index (χ4n) is 1.30. The number of hydrogen-bond donors (Lipinski definition) is 1. The van der Waals surface area contributed by atoms with E-state index < -0.39 is 11.9 Å². The minimum absolute atomic E-state index is 0.285. The fraction of sp³-hybridized carbons (Fsp3) is 0.364. The van der Waals surface area contributed by atoms with E-state index in [1.807, 2.05) is 0 Å². The zero-order chi connectivity index (χ0) is 12.3. The summed E-state index contributed by atoms with van der Waals surface area (Å²) in [6.45, 7) is 0. The Morgan fingerprint density at radius 2 is 2.06 bits per heavy atom. The van der Waals surface area contributed by atoms with E-state index in [0.29, 0.717) is 11.3 Å². The quantitative estimate of drug-likeness (QED) is 0.834. The maximum Gasteiger partial charge on any atom is 0.243 e. The predicted octanol–water partition coefficient (Wildman–Crippen LogP) is 0.922. The van der Waals surface area contributed by atoms with Crippen molar-refractivity contribution in [1.29, 1.82) is 0 Å². The third-order valence-electron chi connectivity index (χ3n) is 2.20. The third kappa shape index (κ3) is 2.70. The van der Waals surface area contributed by atoms with Crippen LogP contribution in [0, 0.1) is 5.82 Å². The molecule has 0 aliphatic heterocycles. The molecule has 16 heavy (non-hydrogen) atoms. The number of likely N-dealkylation sites (N-methyl/N-ethyl adjacent to an activating group) is 1. The Hall–Kier alpha value is -1.62. The van der Waals surface area contributed by atoms with Crippen molar-refractivity contribution in [2.45, 2.75) is 6.04 Å². The summed E-state index contributed by atoms with van der Waals surface area (Å²) >= 11 is 0. The first-order valence-electron chi connectivity index (χ1n) is 4.77. The molecule has 1 amide bonds. The molecule has 0 aliphatic rings. The second kappa shape index (κ2) is 4.94. The molecule has 0 radical (unpaired) electrons. The molecule has 0 heterocycles. The number of halogens is 1. The van der Waals surface area contributed by atoms with E-state index in [1.54, 1.807) is 20.2 Å². The Morgan fingerprint density at radius 3 is 2.56 bits per heavy atom. The van der Waals surface area contributed by atoms with Crippen molar-refractivity contribution in [2.24, 2.45) is 5.73 Å². The first kappa shape index (κ1) is 12.4. The van der Waals surface area contributed by atoms with E-state index in [9.17, 15) is 9.18 Å². The number of ether oxygens (including phenoxy) is 1. The first-order chi connectivity index (χ1) is 7.45. The monoisotopic (exact) mass is 226 g/mol. The van der Waals surface area contributed by atoms with Gasteiger partial charge in [0, 0.05) is 20.2 Å². The van der Waals surface area contributed by atoms with Crippen LogP contribution in [0.15, 0.2) is 18.2 Å². The second-order valence-electron chi connectivity index (χ2n) is 3.63. The highest BCUT2D eigenvalue weighted by Crippen LogP contribution is 2.20. The van der Waals surface area contributed by atoms with Crippen molar-refractivity contribution in [3.05, 3.63) is 29.6 Å². The van der Waals surface area contributed by atoms with E-state index >= 15 is 0 Å². The Kier molecular flexibility index (Phi) is 3.84. The fourth-order valence-corrected chi connectivity index (χ4v) is 1.30. The van der Waals surface area contributed by atoms with Gasteiger partial charge < -0.3 is 15.4 Å². The van der Waals surface area contributed by atoms with Crippen LogP contribution in [0.25, 0.3) is 0 Å². The molecule has 0 bridgehead atoms. The van der Waals surface area contributed by atoms with Gasteiger partial charge in [0.05, 0.1) is 7.11 Å². The van der Waals surface area contributed by atoms with Crippen LogP contribution in [0.5, 0.6) is 5.75 Å². The van der Waals surface area contributed by atoms with Crippen LogP contribution in [0.2, 0.25) is 0 Å². The average Bonchev–Trinajstić information content (AvgIpc) is 2.25. The largest absolute Gasteiger partial charge is 0.497 e. The Bertz CT molecular complexity index is 394. The number of carbonyl (C=O) groups excluding carboxylic acids is 1. The standard InChI is InChI=1S/C11H15FN2O2/c1-14(2)11(15)10(13)7-4-8(12)6-9(5-7)16-3/h4-6,10H,13H2,1-3H3/t10-/m1/s1. The molecule has 4 nitrogen and oxygen atoms in total. The number of amides is 1. The maximum absolute atomic E-state index is 13.2. The van der Waals surface area contributed by atoms with Crippen molar-refractivity contribution >= 4 is 5.91 Å². The molecule has 0 aliphatic carbocycles. The molecule has 1 aromatic carbocycles. The SMILES string of the molecule is COc1cc(F)cc([C@@H](N)C(=O)N(C)C)c1. The summed E-state index contributed by atoms with van der Waals surface area (Å²) in [5.41, 5.74) is 6.12. The van der Waals surface area contributed by atoms with E-state index in [4.69, 9.17) is 10.5 Å². The lowest BCUT2D eigenvalue weighted by molar-refractivity contribution is -0.130. The first-order valence-corrected chi connectivity index (χ1v) is 4.77. The van der Waals surface area contributed by atoms with Crippen LogP contribution in [0.1, 0.15) is 11.6 Å². The van der Waals surface area contributed by atoms with Crippen LogP contribution < -0.4 is 10.5 Å². The minimum Gasteiger partial charge on any atom is -0.497 e. The number of benzene rings is 1. The smallest absolute Gasteiger partial charge is 0.243 e. The molecule has 1 atom stereocenters. The number of methoxy groups -OCH3 is 1. The Morgan fingerprint density at radius 1 is 1.44 bits per heavy atom. The molecule has 0 aromatic heterocycles. The summed E-state index contributed by atoms with van der Waals surface area (Å²) < 4.78 is 18.1. The van der Waals surface area contributed by atoms with Gasteiger partial charge in [-0.3, -0.25) is 4.79 Å². The molecule has 0 unspecified atom stereocenters. The summed E-state index contributed by atoms with van der Waals surface area (Å²) in [6, 6.07) is 3.14. The van der Waals surface area contributed by atoms with Gasteiger partial charge in [0.2, 0.25) is 5.91 Å². The predicted molar refractivity (Wildman–Crippen MR) is 58.6 cm³/mol. The van der Waals surface area contributed by atoms with Crippen molar-refractivity contribution in [1.82, 2.24) is 4.90 Å². The lowest BCUT2D eigenvalue weighted by Crippen LogP contribution is -2.33. The summed E-state index contributed by atoms with van der Waals surface area (Å²) in [6.07, 6.45) is 0. The van der Waals surface area contributed by atoms with E-state index in [0.717, 1.165) is 0 Å². The van der Waals surface area contributed by atoms with Gasteiger partial charge in [-0.25, -0.2) is 4.39 Å².